The number of rotatable bonds is 4. The first-order valence-electron chi connectivity index (χ1n) is 6.10. The number of nitrogens with two attached hydrogens (primary N) is 1. The molecule has 0 saturated heterocycles. The van der Waals surface area contributed by atoms with E-state index in [4.69, 9.17) is 17.3 Å². The third-order valence-electron chi connectivity index (χ3n) is 2.70. The van der Waals surface area contributed by atoms with Crippen LogP contribution in [0.15, 0.2) is 47.6 Å². The van der Waals surface area contributed by atoms with Gasteiger partial charge >= 0.3 is 0 Å². The van der Waals surface area contributed by atoms with Crippen molar-refractivity contribution in [2.45, 2.75) is 0 Å². The Bertz CT molecular complexity index is 762. The van der Waals surface area contributed by atoms with E-state index in [0.717, 1.165) is 0 Å². The topological polar surface area (TPSA) is 111 Å². The highest BCUT2D eigenvalue weighted by molar-refractivity contribution is 6.32. The fraction of sp³-hybridized carbons (Fsp3) is 0. The molecule has 8 heteroatoms. The second-order valence-electron chi connectivity index (χ2n) is 4.29. The molecule has 2 aromatic rings. The summed E-state index contributed by atoms with van der Waals surface area (Å²) in [7, 11) is 0. The highest BCUT2D eigenvalue weighted by Crippen LogP contribution is 2.24. The predicted octanol–water partition coefficient (Wildman–Crippen LogP) is 2.59. The molecule has 0 heterocycles. The van der Waals surface area contributed by atoms with Gasteiger partial charge in [-0.05, 0) is 24.3 Å². The van der Waals surface area contributed by atoms with E-state index in [2.05, 4.69) is 10.5 Å². The Labute approximate surface area is 130 Å². The van der Waals surface area contributed by atoms with Crippen LogP contribution in [0, 0.1) is 10.1 Å². The standard InChI is InChI=1S/C14H11ClN4O3/c15-12-5-4-9(6-13(12)19(21)22)8-17-18-14(20)10-2-1-3-11(16)7-10/h1-8H,16H2,(H,18,20)/b17-8-. The number of hydrogen-bond donors (Lipinski definition) is 2. The van der Waals surface area contributed by atoms with Crippen molar-refractivity contribution in [1.82, 2.24) is 5.43 Å². The van der Waals surface area contributed by atoms with E-state index in [-0.39, 0.29) is 10.7 Å². The Morgan fingerprint density at radius 3 is 2.77 bits per heavy atom. The summed E-state index contributed by atoms with van der Waals surface area (Å²) in [5, 5.41) is 14.5. The summed E-state index contributed by atoms with van der Waals surface area (Å²) in [5.74, 6) is -0.438. The molecule has 2 aromatic carbocycles. The smallest absolute Gasteiger partial charge is 0.288 e. The predicted molar refractivity (Wildman–Crippen MR) is 84.0 cm³/mol. The summed E-state index contributed by atoms with van der Waals surface area (Å²) < 4.78 is 0. The normalized spacial score (nSPS) is 10.6. The van der Waals surface area contributed by atoms with Gasteiger partial charge in [-0.3, -0.25) is 14.9 Å². The highest BCUT2D eigenvalue weighted by Gasteiger charge is 2.11. The second-order valence-corrected chi connectivity index (χ2v) is 4.70. The molecule has 112 valence electrons. The summed E-state index contributed by atoms with van der Waals surface area (Å²) in [6.07, 6.45) is 1.29. The SMILES string of the molecule is Nc1cccc(C(=O)N/N=C\c2ccc(Cl)c([N+](=O)[O-])c2)c1. The van der Waals surface area contributed by atoms with Gasteiger partial charge in [-0.25, -0.2) is 5.43 Å². The van der Waals surface area contributed by atoms with E-state index in [1.165, 1.54) is 24.4 Å². The lowest BCUT2D eigenvalue weighted by Gasteiger charge is -2.01. The molecule has 7 nitrogen and oxygen atoms in total. The van der Waals surface area contributed by atoms with Crippen LogP contribution >= 0.6 is 11.6 Å². The molecule has 0 saturated carbocycles. The van der Waals surface area contributed by atoms with E-state index < -0.39 is 10.8 Å². The van der Waals surface area contributed by atoms with E-state index >= 15 is 0 Å². The molecule has 0 aliphatic heterocycles. The van der Waals surface area contributed by atoms with Gasteiger partial charge in [0.25, 0.3) is 11.6 Å². The molecule has 22 heavy (non-hydrogen) atoms. The largest absolute Gasteiger partial charge is 0.399 e. The number of amides is 1. The quantitative estimate of drug-likeness (QED) is 0.390. The number of benzene rings is 2. The molecule has 0 aliphatic carbocycles. The molecule has 0 unspecified atom stereocenters. The van der Waals surface area contributed by atoms with Gasteiger partial charge in [0.15, 0.2) is 0 Å². The monoisotopic (exact) mass is 318 g/mol. The molecule has 0 radical (unpaired) electrons. The first kappa shape index (κ1) is 15.5. The van der Waals surface area contributed by atoms with Gasteiger partial charge in [0.1, 0.15) is 5.02 Å². The van der Waals surface area contributed by atoms with Gasteiger partial charge in [-0.2, -0.15) is 5.10 Å². The summed E-state index contributed by atoms with van der Waals surface area (Å²) in [6.45, 7) is 0. The molecule has 0 atom stereocenters. The van der Waals surface area contributed by atoms with Gasteiger partial charge in [0.05, 0.1) is 11.1 Å². The average molecular weight is 319 g/mol. The molecule has 2 rings (SSSR count). The number of hydrazone groups is 1. The molecule has 0 fully saturated rings. The molecule has 1 amide bonds. The minimum absolute atomic E-state index is 0.0333. The maximum absolute atomic E-state index is 11.8. The molecular weight excluding hydrogens is 308 g/mol. The zero-order valence-corrected chi connectivity index (χ0v) is 11.9. The fourth-order valence-electron chi connectivity index (χ4n) is 1.66. The van der Waals surface area contributed by atoms with Gasteiger partial charge in [0.2, 0.25) is 0 Å². The number of nitro benzene ring substituents is 1. The first-order valence-corrected chi connectivity index (χ1v) is 6.48. The van der Waals surface area contributed by atoms with Crippen LogP contribution in [0.3, 0.4) is 0 Å². The van der Waals surface area contributed by atoms with Crippen molar-refractivity contribution in [2.75, 3.05) is 5.73 Å². The number of carbonyl (C=O) groups is 1. The maximum atomic E-state index is 11.8. The Morgan fingerprint density at radius 2 is 2.09 bits per heavy atom. The van der Waals surface area contributed by atoms with Crippen molar-refractivity contribution in [1.29, 1.82) is 0 Å². The van der Waals surface area contributed by atoms with Crippen molar-refractivity contribution in [3.8, 4) is 0 Å². The van der Waals surface area contributed by atoms with Gasteiger partial charge in [-0.15, -0.1) is 0 Å². The van der Waals surface area contributed by atoms with E-state index in [0.29, 0.717) is 16.8 Å². The zero-order chi connectivity index (χ0) is 16.1. The number of nitrogens with one attached hydrogen (secondary N) is 1. The Kier molecular flexibility index (Phi) is 4.70. The van der Waals surface area contributed by atoms with Crippen LogP contribution in [0.25, 0.3) is 0 Å². The number of halogens is 1. The first-order chi connectivity index (χ1) is 10.5. The van der Waals surface area contributed by atoms with Gasteiger partial charge < -0.3 is 5.73 Å². The highest BCUT2D eigenvalue weighted by atomic mass is 35.5. The van der Waals surface area contributed by atoms with Crippen LogP contribution in [0.5, 0.6) is 0 Å². The van der Waals surface area contributed by atoms with Crippen LogP contribution in [-0.4, -0.2) is 17.0 Å². The Morgan fingerprint density at radius 1 is 1.32 bits per heavy atom. The van der Waals surface area contributed by atoms with Crippen molar-refractivity contribution in [3.05, 3.63) is 68.7 Å². The lowest BCUT2D eigenvalue weighted by atomic mass is 10.2. The molecular formula is C14H11ClN4O3. The third-order valence-corrected chi connectivity index (χ3v) is 3.02. The van der Waals surface area contributed by atoms with Gasteiger partial charge in [-0.1, -0.05) is 23.7 Å². The van der Waals surface area contributed by atoms with E-state index in [1.54, 1.807) is 24.3 Å². The molecule has 3 N–H and O–H groups in total. The molecule has 0 bridgehead atoms. The maximum Gasteiger partial charge on any atom is 0.288 e. The molecule has 0 spiro atoms. The van der Waals surface area contributed by atoms with E-state index in [9.17, 15) is 14.9 Å². The number of hydrogen-bond acceptors (Lipinski definition) is 5. The average Bonchev–Trinajstić information content (AvgIpc) is 2.48. The van der Waals surface area contributed by atoms with Crippen LogP contribution < -0.4 is 11.2 Å². The lowest BCUT2D eigenvalue weighted by Crippen LogP contribution is -2.17. The summed E-state index contributed by atoms with van der Waals surface area (Å²) in [6, 6.07) is 10.6. The minimum atomic E-state index is -0.592. The molecule has 0 aliphatic rings. The summed E-state index contributed by atoms with van der Waals surface area (Å²) >= 11 is 5.70. The van der Waals surface area contributed by atoms with Crippen molar-refractivity contribution in [2.24, 2.45) is 5.10 Å². The second kappa shape index (κ2) is 6.68. The minimum Gasteiger partial charge on any atom is -0.399 e. The van der Waals surface area contributed by atoms with E-state index in [1.807, 2.05) is 0 Å². The van der Waals surface area contributed by atoms with Crippen LogP contribution in [0.1, 0.15) is 15.9 Å². The van der Waals surface area contributed by atoms with Crippen molar-refractivity contribution >= 4 is 35.1 Å². The van der Waals surface area contributed by atoms with Crippen molar-refractivity contribution < 1.29 is 9.72 Å². The Balaban J connectivity index is 2.08. The number of anilines is 1. The number of nitrogen functional groups attached to an aromatic ring is 1. The van der Waals surface area contributed by atoms with Crippen LogP contribution in [-0.2, 0) is 0 Å². The van der Waals surface area contributed by atoms with Crippen LogP contribution in [0.4, 0.5) is 11.4 Å². The fourth-order valence-corrected chi connectivity index (χ4v) is 1.85. The number of carbonyl (C=O) groups excluding carboxylic acids is 1. The van der Waals surface area contributed by atoms with Crippen LogP contribution in [0.2, 0.25) is 5.02 Å². The molecule has 0 aromatic heterocycles. The number of nitro groups is 1. The summed E-state index contributed by atoms with van der Waals surface area (Å²) in [4.78, 5) is 22.0. The summed E-state index contributed by atoms with van der Waals surface area (Å²) in [5.41, 5.74) is 8.92. The Hall–Kier alpha value is -2.93. The third kappa shape index (κ3) is 3.80. The number of nitrogens with zero attached hydrogens (tertiary/aromatic N) is 2. The zero-order valence-electron chi connectivity index (χ0n) is 11.2. The lowest BCUT2D eigenvalue weighted by molar-refractivity contribution is -0.384. The van der Waals surface area contributed by atoms with Gasteiger partial charge in [0, 0.05) is 22.9 Å². The van der Waals surface area contributed by atoms with Crippen molar-refractivity contribution in [3.63, 3.8) is 0 Å².